The third-order valence-corrected chi connectivity index (χ3v) is 9.07. The molecule has 4 heterocycles. The molecule has 0 unspecified atom stereocenters. The molecule has 0 fully saturated rings. The summed E-state index contributed by atoms with van der Waals surface area (Å²) in [4.78, 5) is 18.9. The minimum atomic E-state index is 0.905. The van der Waals surface area contributed by atoms with Crippen molar-refractivity contribution in [3.63, 3.8) is 0 Å². The Hall–Kier alpha value is -6.52. The first kappa shape index (κ1) is 27.8. The molecule has 0 aliphatic carbocycles. The lowest BCUT2D eigenvalue weighted by Crippen LogP contribution is -1.94. The molecule has 0 bridgehead atoms. The van der Waals surface area contributed by atoms with Crippen molar-refractivity contribution in [1.82, 2.24) is 19.9 Å². The van der Waals surface area contributed by atoms with E-state index in [-0.39, 0.29) is 0 Å². The zero-order chi connectivity index (χ0) is 31.9. The first-order valence-corrected chi connectivity index (χ1v) is 16.0. The molecule has 9 rings (SSSR count). The second kappa shape index (κ2) is 11.7. The molecule has 4 aromatic heterocycles. The summed E-state index contributed by atoms with van der Waals surface area (Å²) in [6, 6.07) is 49.2. The molecule has 0 aliphatic rings. The van der Waals surface area contributed by atoms with Crippen LogP contribution in [-0.2, 0) is 0 Å². The molecule has 5 aromatic carbocycles. The predicted octanol–water partition coefficient (Wildman–Crippen LogP) is 11.1. The minimum Gasteiger partial charge on any atom is -0.264 e. The number of benzene rings is 5. The monoisotopic (exact) mass is 612 g/mol. The van der Waals surface area contributed by atoms with Gasteiger partial charge in [-0.1, -0.05) is 97.1 Å². The Balaban J connectivity index is 1.29. The molecule has 0 saturated carbocycles. The molecule has 0 radical (unpaired) electrons. The lowest BCUT2D eigenvalue weighted by atomic mass is 9.89. The molecular formula is C44H28N4. The van der Waals surface area contributed by atoms with E-state index in [1.807, 2.05) is 49.2 Å². The van der Waals surface area contributed by atoms with Crippen molar-refractivity contribution < 1.29 is 0 Å². The maximum atomic E-state index is 5.34. The van der Waals surface area contributed by atoms with Gasteiger partial charge < -0.3 is 0 Å². The second-order valence-electron chi connectivity index (χ2n) is 11.9. The van der Waals surface area contributed by atoms with Gasteiger partial charge in [-0.15, -0.1) is 0 Å². The van der Waals surface area contributed by atoms with Gasteiger partial charge >= 0.3 is 0 Å². The molecule has 224 valence electrons. The van der Waals surface area contributed by atoms with Crippen molar-refractivity contribution in [3.8, 4) is 55.8 Å². The SMILES string of the molecule is c1ccc(-c2cc(-c3ccc(-c4cc(-c5cccnc5)cc(-c5cccnc5)c4)c4ccccc34)nc3c2ccc2cccnc23)cc1. The number of hydrogen-bond acceptors (Lipinski definition) is 4. The van der Waals surface area contributed by atoms with Gasteiger partial charge in [-0.2, -0.15) is 0 Å². The Morgan fingerprint density at radius 3 is 1.69 bits per heavy atom. The topological polar surface area (TPSA) is 51.6 Å². The summed E-state index contributed by atoms with van der Waals surface area (Å²) >= 11 is 0. The molecule has 0 aliphatic heterocycles. The van der Waals surface area contributed by atoms with Crippen LogP contribution in [0, 0.1) is 0 Å². The van der Waals surface area contributed by atoms with Gasteiger partial charge in [-0.25, -0.2) is 4.98 Å². The largest absolute Gasteiger partial charge is 0.264 e. The first-order valence-electron chi connectivity index (χ1n) is 16.0. The zero-order valence-corrected chi connectivity index (χ0v) is 26.0. The fourth-order valence-electron chi connectivity index (χ4n) is 6.78. The Bertz CT molecular complexity index is 2540. The Labute approximate surface area is 278 Å². The highest BCUT2D eigenvalue weighted by molar-refractivity contribution is 6.11. The Morgan fingerprint density at radius 1 is 0.354 bits per heavy atom. The van der Waals surface area contributed by atoms with Gasteiger partial charge in [0.05, 0.1) is 16.7 Å². The van der Waals surface area contributed by atoms with Crippen LogP contribution < -0.4 is 0 Å². The number of nitrogens with zero attached hydrogens (tertiary/aromatic N) is 4. The summed E-state index contributed by atoms with van der Waals surface area (Å²) in [6.45, 7) is 0. The minimum absolute atomic E-state index is 0.905. The van der Waals surface area contributed by atoms with Crippen LogP contribution in [0.2, 0.25) is 0 Å². The van der Waals surface area contributed by atoms with E-state index < -0.39 is 0 Å². The highest BCUT2D eigenvalue weighted by Crippen LogP contribution is 2.41. The smallest absolute Gasteiger partial charge is 0.0978 e. The third kappa shape index (κ3) is 4.88. The van der Waals surface area contributed by atoms with E-state index in [1.165, 1.54) is 0 Å². The fraction of sp³-hybridized carbons (Fsp3) is 0. The van der Waals surface area contributed by atoms with Crippen LogP contribution in [-0.4, -0.2) is 19.9 Å². The number of rotatable bonds is 5. The van der Waals surface area contributed by atoms with Crippen LogP contribution >= 0.6 is 0 Å². The third-order valence-electron chi connectivity index (χ3n) is 9.07. The average Bonchev–Trinajstić information content (AvgIpc) is 3.18. The zero-order valence-electron chi connectivity index (χ0n) is 26.0. The van der Waals surface area contributed by atoms with Crippen LogP contribution in [0.15, 0.2) is 171 Å². The van der Waals surface area contributed by atoms with Crippen LogP contribution in [0.4, 0.5) is 0 Å². The molecular weight excluding hydrogens is 585 g/mol. The normalized spacial score (nSPS) is 11.3. The van der Waals surface area contributed by atoms with Gasteiger partial charge in [-0.3, -0.25) is 15.0 Å². The molecule has 48 heavy (non-hydrogen) atoms. The van der Waals surface area contributed by atoms with Crippen LogP contribution in [0.25, 0.3) is 88.3 Å². The summed E-state index contributed by atoms with van der Waals surface area (Å²) in [5.74, 6) is 0. The van der Waals surface area contributed by atoms with Crippen LogP contribution in [0.5, 0.6) is 0 Å². The van der Waals surface area contributed by atoms with Gasteiger partial charge in [0.1, 0.15) is 0 Å². The van der Waals surface area contributed by atoms with Gasteiger partial charge in [0.15, 0.2) is 0 Å². The van der Waals surface area contributed by atoms with E-state index in [0.717, 1.165) is 88.3 Å². The van der Waals surface area contributed by atoms with Gasteiger partial charge in [0.2, 0.25) is 0 Å². The summed E-state index contributed by atoms with van der Waals surface area (Å²) in [6.07, 6.45) is 9.31. The number of fused-ring (bicyclic) bond motifs is 4. The lowest BCUT2D eigenvalue weighted by molar-refractivity contribution is 1.32. The van der Waals surface area contributed by atoms with E-state index in [0.29, 0.717) is 0 Å². The second-order valence-corrected chi connectivity index (χ2v) is 11.9. The number of aromatic nitrogens is 4. The maximum Gasteiger partial charge on any atom is 0.0978 e. The fourth-order valence-corrected chi connectivity index (χ4v) is 6.78. The molecule has 0 saturated heterocycles. The number of hydrogen-bond donors (Lipinski definition) is 0. The van der Waals surface area contributed by atoms with Crippen molar-refractivity contribution in [2.75, 3.05) is 0 Å². The van der Waals surface area contributed by atoms with Gasteiger partial charge in [-0.05, 0) is 86.6 Å². The van der Waals surface area contributed by atoms with Crippen molar-refractivity contribution in [2.45, 2.75) is 0 Å². The van der Waals surface area contributed by atoms with E-state index in [4.69, 9.17) is 9.97 Å². The van der Waals surface area contributed by atoms with Gasteiger partial charge in [0, 0.05) is 58.4 Å². The lowest BCUT2D eigenvalue weighted by Gasteiger charge is -2.16. The maximum absolute atomic E-state index is 5.34. The van der Waals surface area contributed by atoms with Crippen LogP contribution in [0.1, 0.15) is 0 Å². The van der Waals surface area contributed by atoms with E-state index in [2.05, 4.69) is 131 Å². The van der Waals surface area contributed by atoms with Gasteiger partial charge in [0.25, 0.3) is 0 Å². The number of pyridine rings is 4. The molecule has 0 spiro atoms. The molecule has 9 aromatic rings. The van der Waals surface area contributed by atoms with E-state index in [1.54, 1.807) is 0 Å². The van der Waals surface area contributed by atoms with Crippen molar-refractivity contribution in [2.24, 2.45) is 0 Å². The Morgan fingerprint density at radius 2 is 0.979 bits per heavy atom. The van der Waals surface area contributed by atoms with Crippen molar-refractivity contribution in [3.05, 3.63) is 171 Å². The predicted molar refractivity (Wildman–Crippen MR) is 197 cm³/mol. The molecule has 0 atom stereocenters. The quantitative estimate of drug-likeness (QED) is 0.181. The molecule has 0 N–H and O–H groups in total. The van der Waals surface area contributed by atoms with Crippen molar-refractivity contribution >= 4 is 32.6 Å². The van der Waals surface area contributed by atoms with E-state index in [9.17, 15) is 0 Å². The summed E-state index contributed by atoms with van der Waals surface area (Å²) in [7, 11) is 0. The standard InChI is InChI=1S/C44H28N4/c1-2-9-29(10-3-1)41-26-42(48-44-40(41)17-16-30-11-8-22-47-43(30)44)39-19-18-36(37-14-4-5-15-38(37)39)35-24-33(31-12-6-20-45-27-31)23-34(25-35)32-13-7-21-46-28-32/h1-28H. The summed E-state index contributed by atoms with van der Waals surface area (Å²) in [5.41, 5.74) is 12.7. The Kier molecular flexibility index (Phi) is 6.76. The highest BCUT2D eigenvalue weighted by Gasteiger charge is 2.17. The average molecular weight is 613 g/mol. The van der Waals surface area contributed by atoms with E-state index >= 15 is 0 Å². The summed E-state index contributed by atoms with van der Waals surface area (Å²) < 4.78 is 0. The molecule has 4 heteroatoms. The molecule has 4 nitrogen and oxygen atoms in total. The first-order chi connectivity index (χ1) is 23.8. The van der Waals surface area contributed by atoms with Crippen LogP contribution in [0.3, 0.4) is 0 Å². The molecule has 0 amide bonds. The highest BCUT2D eigenvalue weighted by atomic mass is 14.8. The summed E-state index contributed by atoms with van der Waals surface area (Å²) in [5, 5.41) is 4.47. The van der Waals surface area contributed by atoms with Crippen molar-refractivity contribution in [1.29, 1.82) is 0 Å².